The second kappa shape index (κ2) is 8.17. The molecule has 1 rings (SSSR count). The number of aryl methyl sites for hydroxylation is 1. The van der Waals surface area contributed by atoms with Gasteiger partial charge in [-0.2, -0.15) is 0 Å². The first-order valence-corrected chi connectivity index (χ1v) is 7.90. The lowest BCUT2D eigenvalue weighted by Gasteiger charge is -2.21. The number of amides is 2. The van der Waals surface area contributed by atoms with Crippen molar-refractivity contribution in [3.8, 4) is 0 Å². The fraction of sp³-hybridized carbons (Fsp3) is 0.500. The van der Waals surface area contributed by atoms with Gasteiger partial charge in [-0.1, -0.05) is 29.8 Å². The first-order valence-electron chi connectivity index (χ1n) is 7.11. The van der Waals surface area contributed by atoms with Gasteiger partial charge < -0.3 is 10.2 Å². The lowest BCUT2D eigenvalue weighted by Crippen LogP contribution is -2.37. The highest BCUT2D eigenvalue weighted by atomic mass is 79.9. The quantitative estimate of drug-likeness (QED) is 0.848. The molecule has 0 aliphatic heterocycles. The largest absolute Gasteiger partial charge is 0.334 e. The fourth-order valence-electron chi connectivity index (χ4n) is 1.86. The molecular weight excluding hydrogens is 332 g/mol. The first kappa shape index (κ1) is 17.7. The normalized spacial score (nSPS) is 10.6. The Balaban J connectivity index is 2.60. The van der Waals surface area contributed by atoms with Gasteiger partial charge in [0.15, 0.2) is 0 Å². The van der Waals surface area contributed by atoms with Crippen LogP contribution in [0.15, 0.2) is 22.7 Å². The zero-order chi connectivity index (χ0) is 16.0. The summed E-state index contributed by atoms with van der Waals surface area (Å²) in [5.74, 6) is 0.262. The van der Waals surface area contributed by atoms with E-state index in [1.165, 1.54) is 6.92 Å². The van der Waals surface area contributed by atoms with Crippen LogP contribution in [0.3, 0.4) is 0 Å². The third kappa shape index (κ3) is 6.29. The van der Waals surface area contributed by atoms with E-state index in [0.29, 0.717) is 12.5 Å². The highest BCUT2D eigenvalue weighted by molar-refractivity contribution is 9.10. The lowest BCUT2D eigenvalue weighted by molar-refractivity contribution is -0.132. The molecule has 116 valence electrons. The molecule has 0 fully saturated rings. The molecule has 1 N–H and O–H groups in total. The molecule has 0 unspecified atom stereocenters. The van der Waals surface area contributed by atoms with Crippen LogP contribution in [0.4, 0.5) is 5.69 Å². The van der Waals surface area contributed by atoms with E-state index < -0.39 is 0 Å². The number of carbonyl (C=O) groups is 2. The van der Waals surface area contributed by atoms with Crippen LogP contribution in [0.5, 0.6) is 0 Å². The third-order valence-corrected chi connectivity index (χ3v) is 4.09. The standard InChI is InChI=1S/C16H23BrN2O2/c1-11(2)7-8-19(13(4)20)10-16(21)18-14-5-6-15(17)12(3)9-14/h5-6,9,11H,7-8,10H2,1-4H3,(H,18,21). The van der Waals surface area contributed by atoms with Crippen molar-refractivity contribution in [2.45, 2.75) is 34.1 Å². The molecule has 0 aliphatic carbocycles. The maximum atomic E-state index is 12.1. The highest BCUT2D eigenvalue weighted by Gasteiger charge is 2.14. The van der Waals surface area contributed by atoms with Crippen molar-refractivity contribution in [1.29, 1.82) is 0 Å². The Morgan fingerprint density at radius 3 is 2.52 bits per heavy atom. The van der Waals surface area contributed by atoms with Crippen LogP contribution in [-0.4, -0.2) is 29.8 Å². The predicted molar refractivity (Wildman–Crippen MR) is 89.2 cm³/mol. The average molecular weight is 355 g/mol. The third-order valence-electron chi connectivity index (χ3n) is 3.20. The highest BCUT2D eigenvalue weighted by Crippen LogP contribution is 2.19. The fourth-order valence-corrected chi connectivity index (χ4v) is 2.10. The second-order valence-electron chi connectivity index (χ2n) is 5.64. The summed E-state index contributed by atoms with van der Waals surface area (Å²) in [7, 11) is 0. The SMILES string of the molecule is CC(=O)N(CCC(C)C)CC(=O)Nc1ccc(Br)c(C)c1. The number of benzene rings is 1. The summed E-state index contributed by atoms with van der Waals surface area (Å²) >= 11 is 3.42. The molecule has 0 aromatic heterocycles. The van der Waals surface area contributed by atoms with Gasteiger partial charge in [0, 0.05) is 23.6 Å². The number of nitrogens with zero attached hydrogens (tertiary/aromatic N) is 1. The van der Waals surface area contributed by atoms with E-state index in [1.807, 2.05) is 25.1 Å². The van der Waals surface area contributed by atoms with Crippen LogP contribution in [0.25, 0.3) is 0 Å². The van der Waals surface area contributed by atoms with Gasteiger partial charge in [-0.15, -0.1) is 0 Å². The van der Waals surface area contributed by atoms with Gasteiger partial charge in [0.05, 0.1) is 6.54 Å². The molecule has 0 bridgehead atoms. The van der Waals surface area contributed by atoms with Crippen molar-refractivity contribution in [3.63, 3.8) is 0 Å². The molecule has 0 saturated carbocycles. The summed E-state index contributed by atoms with van der Waals surface area (Å²) < 4.78 is 1.00. The minimum absolute atomic E-state index is 0.0715. The van der Waals surface area contributed by atoms with Crippen LogP contribution in [0, 0.1) is 12.8 Å². The Morgan fingerprint density at radius 1 is 1.33 bits per heavy atom. The van der Waals surface area contributed by atoms with Gasteiger partial charge in [-0.05, 0) is 43.0 Å². The predicted octanol–water partition coefficient (Wildman–Crippen LogP) is 3.59. The van der Waals surface area contributed by atoms with Crippen LogP contribution in [0.2, 0.25) is 0 Å². The van der Waals surface area contributed by atoms with Crippen molar-refractivity contribution in [2.75, 3.05) is 18.4 Å². The van der Waals surface area contributed by atoms with E-state index in [0.717, 1.165) is 22.1 Å². The van der Waals surface area contributed by atoms with Gasteiger partial charge >= 0.3 is 0 Å². The molecule has 4 nitrogen and oxygen atoms in total. The number of anilines is 1. The average Bonchev–Trinajstić information content (AvgIpc) is 2.38. The topological polar surface area (TPSA) is 49.4 Å². The van der Waals surface area contributed by atoms with Crippen LogP contribution < -0.4 is 5.32 Å². The first-order chi connectivity index (χ1) is 9.79. The molecule has 1 aromatic rings. The van der Waals surface area contributed by atoms with Gasteiger partial charge in [0.25, 0.3) is 0 Å². The summed E-state index contributed by atoms with van der Waals surface area (Å²) in [6, 6.07) is 5.63. The minimum Gasteiger partial charge on any atom is -0.334 e. The summed E-state index contributed by atoms with van der Waals surface area (Å²) in [6.45, 7) is 8.37. The van der Waals surface area contributed by atoms with Gasteiger partial charge in [0.2, 0.25) is 11.8 Å². The van der Waals surface area contributed by atoms with Gasteiger partial charge in [0.1, 0.15) is 0 Å². The van der Waals surface area contributed by atoms with Crippen molar-refractivity contribution >= 4 is 33.4 Å². The molecule has 2 amide bonds. The molecule has 0 aliphatic rings. The van der Waals surface area contributed by atoms with Crippen LogP contribution >= 0.6 is 15.9 Å². The number of hydrogen-bond donors (Lipinski definition) is 1. The molecule has 5 heteroatoms. The molecule has 0 spiro atoms. The summed E-state index contributed by atoms with van der Waals surface area (Å²) in [5, 5.41) is 2.83. The lowest BCUT2D eigenvalue weighted by atomic mass is 10.1. The van der Waals surface area contributed by atoms with Gasteiger partial charge in [-0.25, -0.2) is 0 Å². The smallest absolute Gasteiger partial charge is 0.243 e. The molecule has 0 saturated heterocycles. The minimum atomic E-state index is -0.171. The summed E-state index contributed by atoms with van der Waals surface area (Å²) in [4.78, 5) is 25.2. The van der Waals surface area contributed by atoms with E-state index in [2.05, 4.69) is 35.1 Å². The number of carbonyl (C=O) groups excluding carboxylic acids is 2. The number of rotatable bonds is 6. The van der Waals surface area contributed by atoms with Crippen molar-refractivity contribution in [3.05, 3.63) is 28.2 Å². The molecule has 0 heterocycles. The van der Waals surface area contributed by atoms with Gasteiger partial charge in [-0.3, -0.25) is 9.59 Å². The maximum Gasteiger partial charge on any atom is 0.243 e. The Hall–Kier alpha value is -1.36. The number of hydrogen-bond acceptors (Lipinski definition) is 2. The van der Waals surface area contributed by atoms with E-state index in [1.54, 1.807) is 4.90 Å². The number of nitrogens with one attached hydrogen (secondary N) is 1. The van der Waals surface area contributed by atoms with Crippen molar-refractivity contribution in [2.24, 2.45) is 5.92 Å². The Labute approximate surface area is 135 Å². The van der Waals surface area contributed by atoms with E-state index in [-0.39, 0.29) is 18.4 Å². The number of halogens is 1. The molecular formula is C16H23BrN2O2. The zero-order valence-electron chi connectivity index (χ0n) is 13.1. The summed E-state index contributed by atoms with van der Waals surface area (Å²) in [6.07, 6.45) is 0.893. The Bertz CT molecular complexity index is 515. The van der Waals surface area contributed by atoms with Crippen molar-refractivity contribution < 1.29 is 9.59 Å². The maximum absolute atomic E-state index is 12.1. The van der Waals surface area contributed by atoms with Crippen LogP contribution in [-0.2, 0) is 9.59 Å². The molecule has 21 heavy (non-hydrogen) atoms. The molecule has 0 radical (unpaired) electrons. The molecule has 1 aromatic carbocycles. The monoisotopic (exact) mass is 354 g/mol. The van der Waals surface area contributed by atoms with E-state index in [9.17, 15) is 9.59 Å². The Morgan fingerprint density at radius 2 is 2.00 bits per heavy atom. The van der Waals surface area contributed by atoms with E-state index >= 15 is 0 Å². The second-order valence-corrected chi connectivity index (χ2v) is 6.49. The Kier molecular flexibility index (Phi) is 6.89. The summed E-state index contributed by atoms with van der Waals surface area (Å²) in [5.41, 5.74) is 1.80. The molecule has 0 atom stereocenters. The zero-order valence-corrected chi connectivity index (χ0v) is 14.7. The van der Waals surface area contributed by atoms with Crippen molar-refractivity contribution in [1.82, 2.24) is 4.90 Å². The van der Waals surface area contributed by atoms with Crippen LogP contribution in [0.1, 0.15) is 32.8 Å². The van der Waals surface area contributed by atoms with E-state index in [4.69, 9.17) is 0 Å².